The van der Waals surface area contributed by atoms with Crippen molar-refractivity contribution < 1.29 is 9.18 Å². The first-order valence-corrected chi connectivity index (χ1v) is 6.84. The average Bonchev–Trinajstić information content (AvgIpc) is 2.82. The third kappa shape index (κ3) is 3.24. The van der Waals surface area contributed by atoms with E-state index in [2.05, 4.69) is 4.98 Å². The summed E-state index contributed by atoms with van der Waals surface area (Å²) in [6.07, 6.45) is 0.230. The summed E-state index contributed by atoms with van der Waals surface area (Å²) in [7, 11) is 0. The van der Waals surface area contributed by atoms with Gasteiger partial charge in [-0.05, 0) is 37.1 Å². The molecule has 0 bridgehead atoms. The lowest BCUT2D eigenvalue weighted by Gasteiger charge is -2.04. The van der Waals surface area contributed by atoms with Gasteiger partial charge in [-0.25, -0.2) is 9.37 Å². The van der Waals surface area contributed by atoms with Crippen molar-refractivity contribution >= 4 is 17.1 Å². The standard InChI is InChI=1S/C14H15FN2OS/c1-8-5-11(15)4-3-10(8)6-13(18)12-7-19-14(17-12)9(2)16/h3-5,7,9H,6,16H2,1-2H3. The molecule has 1 aromatic heterocycles. The highest BCUT2D eigenvalue weighted by Gasteiger charge is 2.14. The van der Waals surface area contributed by atoms with Gasteiger partial charge in [-0.15, -0.1) is 11.3 Å². The molecule has 1 aromatic carbocycles. The van der Waals surface area contributed by atoms with Crippen molar-refractivity contribution in [1.82, 2.24) is 4.98 Å². The van der Waals surface area contributed by atoms with Crippen LogP contribution in [0.5, 0.6) is 0 Å². The number of aromatic nitrogens is 1. The van der Waals surface area contributed by atoms with Crippen LogP contribution in [0.1, 0.15) is 39.6 Å². The van der Waals surface area contributed by atoms with Crippen molar-refractivity contribution in [3.05, 3.63) is 51.2 Å². The van der Waals surface area contributed by atoms with Crippen LogP contribution in [0, 0.1) is 12.7 Å². The Morgan fingerprint density at radius 3 is 2.84 bits per heavy atom. The van der Waals surface area contributed by atoms with E-state index in [0.717, 1.165) is 16.1 Å². The Kier molecular flexibility index (Phi) is 4.07. The Hall–Kier alpha value is -1.59. The third-order valence-electron chi connectivity index (χ3n) is 2.85. The highest BCUT2D eigenvalue weighted by Crippen LogP contribution is 2.18. The molecule has 2 rings (SSSR count). The number of rotatable bonds is 4. The molecule has 0 saturated carbocycles. The molecule has 0 saturated heterocycles. The van der Waals surface area contributed by atoms with Gasteiger partial charge in [0.1, 0.15) is 16.5 Å². The summed E-state index contributed by atoms with van der Waals surface area (Å²) in [4.78, 5) is 16.3. The Morgan fingerprint density at radius 1 is 1.53 bits per heavy atom. The van der Waals surface area contributed by atoms with Crippen molar-refractivity contribution in [2.75, 3.05) is 0 Å². The molecular weight excluding hydrogens is 263 g/mol. The minimum atomic E-state index is -0.290. The number of ketones is 1. The lowest BCUT2D eigenvalue weighted by atomic mass is 10.0. The van der Waals surface area contributed by atoms with E-state index >= 15 is 0 Å². The van der Waals surface area contributed by atoms with Gasteiger partial charge in [0.2, 0.25) is 0 Å². The molecule has 1 unspecified atom stereocenters. The molecule has 1 heterocycles. The zero-order valence-electron chi connectivity index (χ0n) is 10.8. The molecule has 1 atom stereocenters. The first kappa shape index (κ1) is 13.8. The minimum absolute atomic E-state index is 0.0714. The van der Waals surface area contributed by atoms with Gasteiger partial charge in [-0.1, -0.05) is 6.07 Å². The summed E-state index contributed by atoms with van der Waals surface area (Å²) < 4.78 is 13.0. The number of benzene rings is 1. The minimum Gasteiger partial charge on any atom is -0.322 e. The molecular formula is C14H15FN2OS. The van der Waals surface area contributed by atoms with Crippen LogP contribution in [0.15, 0.2) is 23.6 Å². The van der Waals surface area contributed by atoms with Crippen molar-refractivity contribution in [1.29, 1.82) is 0 Å². The normalized spacial score (nSPS) is 12.4. The molecule has 0 aliphatic rings. The Morgan fingerprint density at radius 2 is 2.26 bits per heavy atom. The maximum Gasteiger partial charge on any atom is 0.186 e. The fourth-order valence-electron chi connectivity index (χ4n) is 1.75. The number of hydrogen-bond acceptors (Lipinski definition) is 4. The smallest absolute Gasteiger partial charge is 0.186 e. The quantitative estimate of drug-likeness (QED) is 0.875. The third-order valence-corrected chi connectivity index (χ3v) is 3.90. The van der Waals surface area contributed by atoms with E-state index in [1.54, 1.807) is 18.4 Å². The maximum atomic E-state index is 13.0. The van der Waals surface area contributed by atoms with Crippen LogP contribution in [-0.2, 0) is 6.42 Å². The van der Waals surface area contributed by atoms with Gasteiger partial charge in [0.05, 0.1) is 6.04 Å². The predicted octanol–water partition coefficient (Wildman–Crippen LogP) is 3.04. The number of hydrogen-bond donors (Lipinski definition) is 1. The second-order valence-corrected chi connectivity index (χ2v) is 5.42. The fourth-order valence-corrected chi connectivity index (χ4v) is 2.53. The Balaban J connectivity index is 2.16. The summed E-state index contributed by atoms with van der Waals surface area (Å²) in [5, 5.41) is 2.47. The molecule has 2 N–H and O–H groups in total. The molecule has 0 radical (unpaired) electrons. The van der Waals surface area contributed by atoms with Gasteiger partial charge in [0.25, 0.3) is 0 Å². The van der Waals surface area contributed by atoms with Gasteiger partial charge in [0.15, 0.2) is 5.78 Å². The van der Waals surface area contributed by atoms with E-state index in [1.165, 1.54) is 23.5 Å². The Labute approximate surface area is 115 Å². The summed E-state index contributed by atoms with van der Waals surface area (Å²) >= 11 is 1.39. The highest BCUT2D eigenvalue weighted by atomic mass is 32.1. The van der Waals surface area contributed by atoms with Crippen molar-refractivity contribution in [3.63, 3.8) is 0 Å². The van der Waals surface area contributed by atoms with Crippen LogP contribution in [-0.4, -0.2) is 10.8 Å². The molecule has 0 fully saturated rings. The van der Waals surface area contributed by atoms with Crippen molar-refractivity contribution in [2.45, 2.75) is 26.3 Å². The summed E-state index contributed by atoms with van der Waals surface area (Å²) in [5.74, 6) is -0.362. The molecule has 0 aliphatic carbocycles. The van der Waals surface area contributed by atoms with Gasteiger partial charge < -0.3 is 5.73 Å². The summed E-state index contributed by atoms with van der Waals surface area (Å²) in [6, 6.07) is 4.27. The van der Waals surface area contributed by atoms with Gasteiger partial charge >= 0.3 is 0 Å². The monoisotopic (exact) mass is 278 g/mol. The fraction of sp³-hybridized carbons (Fsp3) is 0.286. The molecule has 0 aliphatic heterocycles. The number of carbonyl (C=O) groups is 1. The van der Waals surface area contributed by atoms with Gasteiger partial charge in [-0.3, -0.25) is 4.79 Å². The van der Waals surface area contributed by atoms with E-state index in [9.17, 15) is 9.18 Å². The molecule has 3 nitrogen and oxygen atoms in total. The maximum absolute atomic E-state index is 13.0. The first-order valence-electron chi connectivity index (χ1n) is 5.96. The zero-order chi connectivity index (χ0) is 14.0. The number of carbonyl (C=O) groups excluding carboxylic acids is 1. The van der Waals surface area contributed by atoms with Gasteiger partial charge in [0, 0.05) is 11.8 Å². The van der Waals surface area contributed by atoms with E-state index in [1.807, 2.05) is 6.92 Å². The largest absolute Gasteiger partial charge is 0.322 e. The van der Waals surface area contributed by atoms with Crippen LogP contribution >= 0.6 is 11.3 Å². The number of nitrogens with zero attached hydrogens (tertiary/aromatic N) is 1. The molecule has 0 amide bonds. The molecule has 5 heteroatoms. The van der Waals surface area contributed by atoms with Crippen molar-refractivity contribution in [2.24, 2.45) is 5.73 Å². The van der Waals surface area contributed by atoms with Crippen LogP contribution in [0.3, 0.4) is 0 Å². The number of halogens is 1. The SMILES string of the molecule is Cc1cc(F)ccc1CC(=O)c1csc(C(C)N)n1. The Bertz CT molecular complexity index is 607. The van der Waals surface area contributed by atoms with Gasteiger partial charge in [-0.2, -0.15) is 0 Å². The number of nitrogens with two attached hydrogens (primary N) is 1. The molecule has 19 heavy (non-hydrogen) atoms. The predicted molar refractivity (Wildman–Crippen MR) is 73.9 cm³/mol. The van der Waals surface area contributed by atoms with Crippen LogP contribution in [0.4, 0.5) is 4.39 Å². The van der Waals surface area contributed by atoms with E-state index in [0.29, 0.717) is 5.69 Å². The lowest BCUT2D eigenvalue weighted by molar-refractivity contribution is 0.0988. The van der Waals surface area contributed by atoms with Crippen LogP contribution < -0.4 is 5.73 Å². The zero-order valence-corrected chi connectivity index (χ0v) is 11.6. The number of Topliss-reactive ketones (excluding diaryl/α,β-unsaturated/α-hetero) is 1. The topological polar surface area (TPSA) is 56.0 Å². The second-order valence-electron chi connectivity index (χ2n) is 4.53. The number of thiazole rings is 1. The molecule has 2 aromatic rings. The lowest BCUT2D eigenvalue weighted by Crippen LogP contribution is -2.08. The van der Waals surface area contributed by atoms with Crippen LogP contribution in [0.25, 0.3) is 0 Å². The average molecular weight is 278 g/mol. The van der Waals surface area contributed by atoms with Crippen LogP contribution in [0.2, 0.25) is 0 Å². The van der Waals surface area contributed by atoms with E-state index < -0.39 is 0 Å². The summed E-state index contributed by atoms with van der Waals surface area (Å²) in [5.41, 5.74) is 7.74. The first-order chi connectivity index (χ1) is 8.97. The summed E-state index contributed by atoms with van der Waals surface area (Å²) in [6.45, 7) is 3.62. The number of aryl methyl sites for hydroxylation is 1. The highest BCUT2D eigenvalue weighted by molar-refractivity contribution is 7.09. The molecule has 100 valence electrons. The second kappa shape index (κ2) is 5.59. The van der Waals surface area contributed by atoms with E-state index in [4.69, 9.17) is 5.73 Å². The van der Waals surface area contributed by atoms with Crippen molar-refractivity contribution in [3.8, 4) is 0 Å². The van der Waals surface area contributed by atoms with E-state index in [-0.39, 0.29) is 24.1 Å². The molecule has 0 spiro atoms.